The van der Waals surface area contributed by atoms with Gasteiger partial charge >= 0.3 is 0 Å². The number of nitrogens with zero attached hydrogens (tertiary/aromatic N) is 1. The van der Waals surface area contributed by atoms with Gasteiger partial charge in [0.2, 0.25) is 5.91 Å². The van der Waals surface area contributed by atoms with Gasteiger partial charge in [0.25, 0.3) is 0 Å². The van der Waals surface area contributed by atoms with Crippen molar-refractivity contribution in [2.45, 2.75) is 65.7 Å². The Balaban J connectivity index is 2.19. The Morgan fingerprint density at radius 2 is 1.88 bits per heavy atom. The molecule has 0 spiro atoms. The fraction of sp³-hybridized carbons (Fsp3) is 0.933. The van der Waals surface area contributed by atoms with Crippen LogP contribution >= 0.6 is 0 Å². The van der Waals surface area contributed by atoms with E-state index in [1.807, 2.05) is 0 Å². The fourth-order valence-electron chi connectivity index (χ4n) is 2.77. The predicted molar refractivity (Wildman–Crippen MR) is 72.9 cm³/mol. The van der Waals surface area contributed by atoms with Gasteiger partial charge in [0.1, 0.15) is 0 Å². The van der Waals surface area contributed by atoms with E-state index in [0.717, 1.165) is 37.8 Å². The zero-order valence-corrected chi connectivity index (χ0v) is 11.9. The van der Waals surface area contributed by atoms with Crippen molar-refractivity contribution in [3.05, 3.63) is 0 Å². The van der Waals surface area contributed by atoms with Gasteiger partial charge in [-0.1, -0.05) is 33.6 Å². The minimum atomic E-state index is 0.390. The van der Waals surface area contributed by atoms with Crippen LogP contribution in [0.2, 0.25) is 0 Å². The molecular weight excluding hydrogens is 210 g/mol. The normalized spacial score (nSPS) is 17.8. The topological polar surface area (TPSA) is 20.3 Å². The third-order valence-electron chi connectivity index (χ3n) is 3.77. The molecule has 1 amide bonds. The van der Waals surface area contributed by atoms with Crippen molar-refractivity contribution in [3.8, 4) is 0 Å². The predicted octanol–water partition coefficient (Wildman–Crippen LogP) is 3.85. The van der Waals surface area contributed by atoms with Gasteiger partial charge in [0.15, 0.2) is 0 Å². The molecule has 0 unspecified atom stereocenters. The minimum Gasteiger partial charge on any atom is -0.343 e. The van der Waals surface area contributed by atoms with Gasteiger partial charge in [-0.15, -0.1) is 0 Å². The molecule has 0 saturated carbocycles. The molecule has 1 fully saturated rings. The van der Waals surface area contributed by atoms with Crippen molar-refractivity contribution in [2.75, 3.05) is 13.1 Å². The first-order valence-corrected chi connectivity index (χ1v) is 7.41. The number of likely N-dealkylation sites (tertiary alicyclic amines) is 1. The van der Waals surface area contributed by atoms with E-state index in [0.29, 0.717) is 5.91 Å². The zero-order chi connectivity index (χ0) is 12.7. The van der Waals surface area contributed by atoms with Crippen molar-refractivity contribution < 1.29 is 4.79 Å². The number of amides is 1. The summed E-state index contributed by atoms with van der Waals surface area (Å²) >= 11 is 0. The lowest BCUT2D eigenvalue weighted by Crippen LogP contribution is -2.38. The van der Waals surface area contributed by atoms with Crippen LogP contribution < -0.4 is 0 Å². The lowest BCUT2D eigenvalue weighted by molar-refractivity contribution is -0.132. The summed E-state index contributed by atoms with van der Waals surface area (Å²) in [4.78, 5) is 14.0. The van der Waals surface area contributed by atoms with Crippen molar-refractivity contribution in [1.29, 1.82) is 0 Å². The zero-order valence-electron chi connectivity index (χ0n) is 11.9. The van der Waals surface area contributed by atoms with E-state index in [9.17, 15) is 4.79 Å². The summed E-state index contributed by atoms with van der Waals surface area (Å²) < 4.78 is 0. The Morgan fingerprint density at radius 1 is 1.24 bits per heavy atom. The third kappa shape index (κ3) is 5.56. The summed E-state index contributed by atoms with van der Waals surface area (Å²) in [5.74, 6) is 2.04. The van der Waals surface area contributed by atoms with Gasteiger partial charge in [0, 0.05) is 19.5 Å². The van der Waals surface area contributed by atoms with Crippen LogP contribution in [0.15, 0.2) is 0 Å². The molecule has 1 saturated heterocycles. The molecule has 0 atom stereocenters. The van der Waals surface area contributed by atoms with Gasteiger partial charge in [0.05, 0.1) is 0 Å². The van der Waals surface area contributed by atoms with Crippen LogP contribution in [0.25, 0.3) is 0 Å². The van der Waals surface area contributed by atoms with Crippen LogP contribution in [0.4, 0.5) is 0 Å². The highest BCUT2D eigenvalue weighted by atomic mass is 16.2. The molecule has 0 bridgehead atoms. The van der Waals surface area contributed by atoms with Gasteiger partial charge in [-0.25, -0.2) is 0 Å². The molecule has 0 aromatic carbocycles. The maximum absolute atomic E-state index is 11.9. The molecule has 0 N–H and O–H groups in total. The summed E-state index contributed by atoms with van der Waals surface area (Å²) in [6.45, 7) is 8.77. The quantitative estimate of drug-likeness (QED) is 0.645. The second-order valence-corrected chi connectivity index (χ2v) is 5.91. The van der Waals surface area contributed by atoms with Crippen molar-refractivity contribution in [1.82, 2.24) is 4.90 Å². The average Bonchev–Trinajstić information content (AvgIpc) is 2.29. The number of unbranched alkanes of at least 4 members (excludes halogenated alkanes) is 2. The van der Waals surface area contributed by atoms with Crippen LogP contribution in [0.5, 0.6) is 0 Å². The first-order chi connectivity index (χ1) is 8.13. The molecule has 0 aliphatic carbocycles. The Hall–Kier alpha value is -0.530. The van der Waals surface area contributed by atoms with Crippen molar-refractivity contribution in [3.63, 3.8) is 0 Å². The number of carbonyl (C=O) groups excluding carboxylic acids is 1. The maximum Gasteiger partial charge on any atom is 0.222 e. The lowest BCUT2D eigenvalue weighted by Gasteiger charge is -2.32. The first-order valence-electron chi connectivity index (χ1n) is 7.41. The van der Waals surface area contributed by atoms with Gasteiger partial charge in [-0.2, -0.15) is 0 Å². The fourth-order valence-corrected chi connectivity index (χ4v) is 2.77. The van der Waals surface area contributed by atoms with Crippen LogP contribution in [-0.2, 0) is 4.79 Å². The summed E-state index contributed by atoms with van der Waals surface area (Å²) in [5.41, 5.74) is 0. The largest absolute Gasteiger partial charge is 0.343 e. The smallest absolute Gasteiger partial charge is 0.222 e. The van der Waals surface area contributed by atoms with Crippen molar-refractivity contribution in [2.24, 2.45) is 11.8 Å². The molecule has 100 valence electrons. The molecule has 1 aliphatic heterocycles. The minimum absolute atomic E-state index is 0.390. The lowest BCUT2D eigenvalue weighted by atomic mass is 9.88. The van der Waals surface area contributed by atoms with Crippen LogP contribution in [0, 0.1) is 11.8 Å². The average molecular weight is 239 g/mol. The summed E-state index contributed by atoms with van der Waals surface area (Å²) in [6, 6.07) is 0. The molecule has 2 nitrogen and oxygen atoms in total. The molecule has 0 aromatic heterocycles. The standard InChI is InChI=1S/C15H29NO/c1-4-5-6-7-15(17)16-10-8-14(9-11-16)12-13(2)3/h13-14H,4-12H2,1-3H3. The number of hydrogen-bond acceptors (Lipinski definition) is 1. The number of hydrogen-bond donors (Lipinski definition) is 0. The van der Waals surface area contributed by atoms with E-state index in [1.165, 1.54) is 32.1 Å². The van der Waals surface area contributed by atoms with Gasteiger partial charge in [-0.05, 0) is 37.5 Å². The molecule has 0 aromatic rings. The highest BCUT2D eigenvalue weighted by Gasteiger charge is 2.22. The highest BCUT2D eigenvalue weighted by molar-refractivity contribution is 5.76. The van der Waals surface area contributed by atoms with E-state index in [-0.39, 0.29) is 0 Å². The molecule has 17 heavy (non-hydrogen) atoms. The summed E-state index contributed by atoms with van der Waals surface area (Å²) in [5, 5.41) is 0. The number of piperidine rings is 1. The van der Waals surface area contributed by atoms with Crippen LogP contribution in [0.1, 0.15) is 65.7 Å². The van der Waals surface area contributed by atoms with E-state index in [4.69, 9.17) is 0 Å². The first kappa shape index (κ1) is 14.5. The molecule has 0 radical (unpaired) electrons. The monoisotopic (exact) mass is 239 g/mol. The Labute approximate surface area is 107 Å². The number of rotatable bonds is 6. The summed E-state index contributed by atoms with van der Waals surface area (Å²) in [6.07, 6.45) is 8.00. The van der Waals surface area contributed by atoms with E-state index in [2.05, 4.69) is 25.7 Å². The molecule has 1 heterocycles. The third-order valence-corrected chi connectivity index (χ3v) is 3.77. The molecule has 2 heteroatoms. The Kier molecular flexibility index (Phi) is 6.61. The highest BCUT2D eigenvalue weighted by Crippen LogP contribution is 2.24. The molecular formula is C15H29NO. The second-order valence-electron chi connectivity index (χ2n) is 5.91. The van der Waals surface area contributed by atoms with Gasteiger partial charge in [-0.3, -0.25) is 4.79 Å². The van der Waals surface area contributed by atoms with Crippen molar-refractivity contribution >= 4 is 5.91 Å². The Bertz CT molecular complexity index is 217. The van der Waals surface area contributed by atoms with Crippen LogP contribution in [0.3, 0.4) is 0 Å². The van der Waals surface area contributed by atoms with E-state index in [1.54, 1.807) is 0 Å². The SMILES string of the molecule is CCCCCC(=O)N1CCC(CC(C)C)CC1. The number of carbonyl (C=O) groups is 1. The maximum atomic E-state index is 11.9. The molecule has 1 aliphatic rings. The van der Waals surface area contributed by atoms with Crippen LogP contribution in [-0.4, -0.2) is 23.9 Å². The van der Waals surface area contributed by atoms with Gasteiger partial charge < -0.3 is 4.90 Å². The summed E-state index contributed by atoms with van der Waals surface area (Å²) in [7, 11) is 0. The second kappa shape index (κ2) is 7.73. The molecule has 1 rings (SSSR count). The van der Waals surface area contributed by atoms with E-state index >= 15 is 0 Å². The Morgan fingerprint density at radius 3 is 2.41 bits per heavy atom. The van der Waals surface area contributed by atoms with E-state index < -0.39 is 0 Å².